The van der Waals surface area contributed by atoms with E-state index in [0.29, 0.717) is 46.4 Å². The molecular formula is C38H42N4O10. The Balaban J connectivity index is 1.26. The number of esters is 2. The number of nitro groups is 1. The van der Waals surface area contributed by atoms with Crippen molar-refractivity contribution in [3.63, 3.8) is 0 Å². The van der Waals surface area contributed by atoms with Crippen LogP contribution in [0.4, 0.5) is 5.69 Å². The van der Waals surface area contributed by atoms with Crippen LogP contribution in [0.5, 0.6) is 17.2 Å². The number of hydrogen-bond acceptors (Lipinski definition) is 13. The fourth-order valence-electron chi connectivity index (χ4n) is 5.44. The molecule has 14 heteroatoms. The van der Waals surface area contributed by atoms with Gasteiger partial charge in [-0.15, -0.1) is 0 Å². The molecular weight excluding hydrogens is 672 g/mol. The smallest absolute Gasteiger partial charge is 0.336 e. The molecule has 3 N–H and O–H groups in total. The molecule has 0 aromatic heterocycles. The third-order valence-corrected chi connectivity index (χ3v) is 8.06. The van der Waals surface area contributed by atoms with Gasteiger partial charge in [0, 0.05) is 35.6 Å². The first kappa shape index (κ1) is 38.9. The molecule has 0 saturated heterocycles. The van der Waals surface area contributed by atoms with Gasteiger partial charge in [0.1, 0.15) is 55.8 Å². The maximum atomic E-state index is 13.4. The Morgan fingerprint density at radius 2 is 1.62 bits per heavy atom. The van der Waals surface area contributed by atoms with Gasteiger partial charge in [-0.3, -0.25) is 10.1 Å². The molecule has 4 rings (SSSR count). The number of methoxy groups -OCH3 is 1. The molecule has 0 aliphatic carbocycles. The summed E-state index contributed by atoms with van der Waals surface area (Å²) in [5.41, 5.74) is 1.23. The van der Waals surface area contributed by atoms with E-state index in [1.54, 1.807) is 68.4 Å². The van der Waals surface area contributed by atoms with Crippen molar-refractivity contribution in [1.29, 1.82) is 5.26 Å². The Morgan fingerprint density at radius 1 is 0.962 bits per heavy atom. The lowest BCUT2D eigenvalue weighted by molar-refractivity contribution is -0.384. The average molecular weight is 715 g/mol. The van der Waals surface area contributed by atoms with Crippen molar-refractivity contribution in [2.45, 2.75) is 45.3 Å². The summed E-state index contributed by atoms with van der Waals surface area (Å²) in [5, 5.41) is 37.4. The predicted octanol–water partition coefficient (Wildman–Crippen LogP) is 4.68. The van der Waals surface area contributed by atoms with E-state index >= 15 is 0 Å². The van der Waals surface area contributed by atoms with Crippen molar-refractivity contribution in [2.75, 3.05) is 40.1 Å². The largest absolute Gasteiger partial charge is 0.492 e. The van der Waals surface area contributed by atoms with Crippen molar-refractivity contribution in [3.05, 3.63) is 117 Å². The summed E-state index contributed by atoms with van der Waals surface area (Å²) in [6.45, 7) is 7.66. The lowest BCUT2D eigenvalue weighted by atomic mass is 9.80. The number of allylic oxidation sites excluding steroid dienone is 2. The van der Waals surface area contributed by atoms with Gasteiger partial charge in [0.15, 0.2) is 0 Å². The van der Waals surface area contributed by atoms with E-state index in [2.05, 4.69) is 16.7 Å². The normalized spacial score (nSPS) is 14.8. The molecule has 0 spiro atoms. The van der Waals surface area contributed by atoms with Gasteiger partial charge in [-0.1, -0.05) is 24.3 Å². The number of nitro benzene ring substituents is 1. The van der Waals surface area contributed by atoms with Crippen LogP contribution in [0.2, 0.25) is 0 Å². The number of ether oxygens (including phenoxy) is 5. The van der Waals surface area contributed by atoms with Gasteiger partial charge in [-0.25, -0.2) is 9.59 Å². The number of dihydropyridines is 1. The molecule has 0 radical (unpaired) electrons. The summed E-state index contributed by atoms with van der Waals surface area (Å²) >= 11 is 0. The van der Waals surface area contributed by atoms with Gasteiger partial charge >= 0.3 is 11.9 Å². The van der Waals surface area contributed by atoms with Crippen LogP contribution in [-0.4, -0.2) is 73.7 Å². The number of aliphatic hydroxyl groups excluding tert-OH is 1. The van der Waals surface area contributed by atoms with Gasteiger partial charge in [0.2, 0.25) is 0 Å². The van der Waals surface area contributed by atoms with Crippen LogP contribution >= 0.6 is 0 Å². The van der Waals surface area contributed by atoms with Crippen molar-refractivity contribution in [2.24, 2.45) is 0 Å². The molecule has 0 bridgehead atoms. The highest BCUT2D eigenvalue weighted by Crippen LogP contribution is 2.40. The van der Waals surface area contributed by atoms with Gasteiger partial charge < -0.3 is 39.4 Å². The summed E-state index contributed by atoms with van der Waals surface area (Å²) in [6, 6.07) is 21.5. The number of nitrogens with one attached hydrogen (secondary N) is 2. The summed E-state index contributed by atoms with van der Waals surface area (Å²) in [7, 11) is 1.22. The maximum absolute atomic E-state index is 13.4. The van der Waals surface area contributed by atoms with Crippen LogP contribution in [0.15, 0.2) is 95.3 Å². The van der Waals surface area contributed by atoms with Crippen molar-refractivity contribution in [3.8, 4) is 23.3 Å². The van der Waals surface area contributed by atoms with Gasteiger partial charge in [0.25, 0.3) is 5.69 Å². The fraction of sp³-hybridized carbons (Fsp3) is 0.342. The first-order valence-electron chi connectivity index (χ1n) is 16.4. The van der Waals surface area contributed by atoms with Gasteiger partial charge in [-0.05, 0) is 69.7 Å². The Bertz CT molecular complexity index is 1860. The third kappa shape index (κ3) is 10.3. The van der Waals surface area contributed by atoms with E-state index < -0.39 is 34.4 Å². The number of rotatable bonds is 17. The van der Waals surface area contributed by atoms with E-state index in [1.807, 2.05) is 13.8 Å². The molecule has 3 aromatic carbocycles. The number of carbonyl (C=O) groups excluding carboxylic acids is 2. The van der Waals surface area contributed by atoms with Crippen LogP contribution in [0, 0.1) is 21.4 Å². The minimum atomic E-state index is -0.966. The minimum absolute atomic E-state index is 0.0202. The van der Waals surface area contributed by atoms with Crippen molar-refractivity contribution < 1.29 is 43.3 Å². The topological polar surface area (TPSA) is 192 Å². The number of nitriles is 1. The summed E-state index contributed by atoms with van der Waals surface area (Å²) in [5.74, 6) is -0.848. The highest BCUT2D eigenvalue weighted by molar-refractivity contribution is 5.99. The summed E-state index contributed by atoms with van der Waals surface area (Å²) in [6.07, 6.45) is -0.811. The number of benzene rings is 3. The van der Waals surface area contributed by atoms with Crippen molar-refractivity contribution >= 4 is 17.6 Å². The SMILES string of the molecule is COC(=O)C1=C(C)NC(C)=C(C(=O)OCCOc2ccc(OCC(C)(C)NCC(O)COc3ccccc3C#N)cc2)C1c1cccc([N+](=O)[O-])c1. The van der Waals surface area contributed by atoms with Gasteiger partial charge in [0.05, 0.1) is 34.7 Å². The van der Waals surface area contributed by atoms with Crippen LogP contribution < -0.4 is 24.8 Å². The van der Waals surface area contributed by atoms with E-state index in [1.165, 1.54) is 25.3 Å². The molecule has 2 unspecified atom stereocenters. The van der Waals surface area contributed by atoms with E-state index in [-0.39, 0.29) is 43.2 Å². The second-order valence-electron chi connectivity index (χ2n) is 12.6. The number of β-amino-alcohol motifs (C(OH)–C–C–N with tert-alkyl or cyclic N) is 1. The van der Waals surface area contributed by atoms with Crippen LogP contribution in [0.1, 0.15) is 44.7 Å². The molecule has 1 aliphatic rings. The van der Waals surface area contributed by atoms with E-state index in [9.17, 15) is 30.1 Å². The Hall–Kier alpha value is -5.91. The lowest BCUT2D eigenvalue weighted by Gasteiger charge is -2.30. The number of carbonyl (C=O) groups is 2. The number of nitrogens with zero attached hydrogens (tertiary/aromatic N) is 2. The number of aliphatic hydroxyl groups is 1. The highest BCUT2D eigenvalue weighted by Gasteiger charge is 2.38. The molecule has 1 heterocycles. The van der Waals surface area contributed by atoms with Crippen LogP contribution in [0.25, 0.3) is 0 Å². The zero-order chi connectivity index (χ0) is 37.8. The molecule has 2 atom stereocenters. The van der Waals surface area contributed by atoms with Gasteiger partial charge in [-0.2, -0.15) is 5.26 Å². The first-order valence-corrected chi connectivity index (χ1v) is 16.4. The second kappa shape index (κ2) is 17.8. The number of hydrogen-bond donors (Lipinski definition) is 3. The zero-order valence-corrected chi connectivity index (χ0v) is 29.6. The zero-order valence-electron chi connectivity index (χ0n) is 29.6. The third-order valence-electron chi connectivity index (χ3n) is 8.06. The molecule has 0 saturated carbocycles. The molecule has 0 fully saturated rings. The monoisotopic (exact) mass is 714 g/mol. The minimum Gasteiger partial charge on any atom is -0.492 e. The molecule has 274 valence electrons. The van der Waals surface area contributed by atoms with E-state index in [4.69, 9.17) is 23.7 Å². The van der Waals surface area contributed by atoms with E-state index in [0.717, 1.165) is 0 Å². The number of non-ortho nitro benzene ring substituents is 1. The molecule has 52 heavy (non-hydrogen) atoms. The predicted molar refractivity (Wildman–Crippen MR) is 190 cm³/mol. The van der Waals surface area contributed by atoms with Crippen LogP contribution in [-0.2, 0) is 19.1 Å². The van der Waals surface area contributed by atoms with Crippen molar-refractivity contribution in [1.82, 2.24) is 10.6 Å². The maximum Gasteiger partial charge on any atom is 0.336 e. The summed E-state index contributed by atoms with van der Waals surface area (Å²) in [4.78, 5) is 37.2. The second-order valence-corrected chi connectivity index (χ2v) is 12.6. The first-order chi connectivity index (χ1) is 24.8. The number of para-hydroxylation sites is 1. The molecule has 1 aliphatic heterocycles. The average Bonchev–Trinajstić information content (AvgIpc) is 3.14. The fourth-order valence-corrected chi connectivity index (χ4v) is 5.44. The summed E-state index contributed by atoms with van der Waals surface area (Å²) < 4.78 is 27.8. The lowest BCUT2D eigenvalue weighted by Crippen LogP contribution is -2.48. The molecule has 14 nitrogen and oxygen atoms in total. The Kier molecular flexibility index (Phi) is 13.3. The molecule has 0 amide bonds. The Labute approximate surface area is 301 Å². The molecule has 3 aromatic rings. The van der Waals surface area contributed by atoms with Crippen LogP contribution in [0.3, 0.4) is 0 Å². The standard InChI is InChI=1S/C38H42N4O10/c1-24-33(36(44)48-5)35(26-10-8-11-28(19-26)42(46)47)34(25(2)41-24)37(45)50-18-17-49-30-13-15-31(16-14-30)52-23-38(3,4)40-21-29(43)22-51-32-12-7-6-9-27(32)20-39/h6-16,19,29,35,40-41,43H,17-18,21-23H2,1-5H3. The quantitative estimate of drug-likeness (QED) is 0.0756. The highest BCUT2D eigenvalue weighted by atomic mass is 16.6. The Morgan fingerprint density at radius 3 is 2.27 bits per heavy atom.